The molecular formula is C46H82NO9P. The molecule has 0 heterocycles. The Labute approximate surface area is 348 Å². The van der Waals surface area contributed by atoms with Crippen molar-refractivity contribution in [2.45, 2.75) is 174 Å². The first-order valence-corrected chi connectivity index (χ1v) is 23.6. The lowest BCUT2D eigenvalue weighted by atomic mass is 10.0. The van der Waals surface area contributed by atoms with E-state index in [1.165, 1.54) is 77.0 Å². The molecule has 3 atom stereocenters. The lowest BCUT2D eigenvalue weighted by Crippen LogP contribution is -2.37. The zero-order valence-corrected chi connectivity index (χ0v) is 37.5. The van der Waals surface area contributed by atoms with Gasteiger partial charge >= 0.3 is 11.9 Å². The van der Waals surface area contributed by atoms with Gasteiger partial charge in [0.25, 0.3) is 7.82 Å². The first kappa shape index (κ1) is 54.7. The standard InChI is InChI=1S/C46H82NO9P/c1-6-8-10-12-13-14-15-16-17-18-19-23-26-29-33-37-45(49)53-41-44(42-55-57(51,52)54-40-39-47(3,4)5)56-46(50)38-34-30-27-24-21-20-22-25-28-32-36-43(48)35-31-11-9-7-2/h9,11,20,22,24,27-28,31-32,35,43-44,48H,6-8,10,12-19,21,23,25-26,29-30,33-34,36-42H2,1-5H3/b11-9-,22-20-,27-24-,32-28-,35-31+. The highest BCUT2D eigenvalue weighted by atomic mass is 31.2. The minimum absolute atomic E-state index is 0.0516. The van der Waals surface area contributed by atoms with Crippen LogP contribution in [0.15, 0.2) is 60.8 Å². The van der Waals surface area contributed by atoms with Crippen LogP contribution in [0.25, 0.3) is 0 Å². The van der Waals surface area contributed by atoms with Crippen LogP contribution in [-0.4, -0.2) is 81.2 Å². The largest absolute Gasteiger partial charge is 0.756 e. The van der Waals surface area contributed by atoms with Crippen LogP contribution in [0, 0.1) is 0 Å². The third-order valence-corrected chi connectivity index (χ3v) is 10.1. The van der Waals surface area contributed by atoms with Gasteiger partial charge in [-0.05, 0) is 44.9 Å². The van der Waals surface area contributed by atoms with Gasteiger partial charge in [-0.1, -0.05) is 164 Å². The maximum Gasteiger partial charge on any atom is 0.306 e. The molecule has 0 bridgehead atoms. The van der Waals surface area contributed by atoms with Crippen molar-refractivity contribution in [3.8, 4) is 0 Å². The van der Waals surface area contributed by atoms with Gasteiger partial charge in [-0.3, -0.25) is 14.2 Å². The number of phosphoric acid groups is 1. The zero-order chi connectivity index (χ0) is 42.3. The Balaban J connectivity index is 4.49. The van der Waals surface area contributed by atoms with Gasteiger partial charge in [-0.2, -0.15) is 0 Å². The smallest absolute Gasteiger partial charge is 0.306 e. The van der Waals surface area contributed by atoms with E-state index in [0.29, 0.717) is 36.7 Å². The second kappa shape index (κ2) is 37.9. The van der Waals surface area contributed by atoms with Crippen molar-refractivity contribution in [2.75, 3.05) is 47.5 Å². The Hall–Kier alpha value is -2.33. The van der Waals surface area contributed by atoms with Crippen LogP contribution in [0.3, 0.4) is 0 Å². The van der Waals surface area contributed by atoms with E-state index in [1.807, 2.05) is 63.7 Å². The van der Waals surface area contributed by atoms with Crippen molar-refractivity contribution in [1.82, 2.24) is 0 Å². The average Bonchev–Trinajstić information content (AvgIpc) is 3.15. The second-order valence-electron chi connectivity index (χ2n) is 15.9. The molecule has 0 aromatic rings. The van der Waals surface area contributed by atoms with Gasteiger partial charge in [0.05, 0.1) is 33.9 Å². The summed E-state index contributed by atoms with van der Waals surface area (Å²) < 4.78 is 33.8. The average molecular weight is 824 g/mol. The van der Waals surface area contributed by atoms with Crippen molar-refractivity contribution in [3.05, 3.63) is 60.8 Å². The number of nitrogens with zero attached hydrogens (tertiary/aromatic N) is 1. The number of ether oxygens (including phenoxy) is 2. The number of unbranched alkanes of at least 4 members (excludes halogenated alkanes) is 15. The first-order chi connectivity index (χ1) is 27.4. The molecule has 57 heavy (non-hydrogen) atoms. The maximum atomic E-state index is 12.7. The Morgan fingerprint density at radius 1 is 0.667 bits per heavy atom. The van der Waals surface area contributed by atoms with E-state index in [9.17, 15) is 24.2 Å². The van der Waals surface area contributed by atoms with Crippen molar-refractivity contribution >= 4 is 19.8 Å². The third-order valence-electron chi connectivity index (χ3n) is 9.13. The van der Waals surface area contributed by atoms with Crippen molar-refractivity contribution < 1.29 is 47.2 Å². The minimum atomic E-state index is -4.65. The number of aliphatic hydroxyl groups is 1. The fraction of sp³-hybridized carbons (Fsp3) is 0.739. The number of likely N-dealkylation sites (N-methyl/N-ethyl adjacent to an activating group) is 1. The van der Waals surface area contributed by atoms with Crippen LogP contribution >= 0.6 is 7.82 Å². The van der Waals surface area contributed by atoms with E-state index in [-0.39, 0.29) is 26.1 Å². The molecule has 0 amide bonds. The zero-order valence-electron chi connectivity index (χ0n) is 36.6. The Morgan fingerprint density at radius 2 is 1.21 bits per heavy atom. The molecule has 0 aliphatic heterocycles. The fourth-order valence-corrected chi connectivity index (χ4v) is 6.37. The molecule has 0 aliphatic rings. The van der Waals surface area contributed by atoms with E-state index in [1.54, 1.807) is 6.08 Å². The normalized spacial score (nSPS) is 14.7. The van der Waals surface area contributed by atoms with Crippen molar-refractivity contribution in [3.63, 3.8) is 0 Å². The molecule has 0 aromatic carbocycles. The first-order valence-electron chi connectivity index (χ1n) is 22.1. The van der Waals surface area contributed by atoms with Gasteiger partial charge in [0.1, 0.15) is 19.8 Å². The van der Waals surface area contributed by atoms with E-state index in [0.717, 1.165) is 32.1 Å². The number of carbonyl (C=O) groups is 2. The quantitative estimate of drug-likeness (QED) is 0.0161. The van der Waals surface area contributed by atoms with Crippen LogP contribution in [0.5, 0.6) is 0 Å². The van der Waals surface area contributed by atoms with E-state index in [2.05, 4.69) is 26.0 Å². The summed E-state index contributed by atoms with van der Waals surface area (Å²) >= 11 is 0. The molecule has 0 saturated heterocycles. The van der Waals surface area contributed by atoms with Gasteiger partial charge in [0, 0.05) is 12.8 Å². The minimum Gasteiger partial charge on any atom is -0.756 e. The molecular weight excluding hydrogens is 741 g/mol. The van der Waals surface area contributed by atoms with Gasteiger partial charge < -0.3 is 33.0 Å². The van der Waals surface area contributed by atoms with Crippen LogP contribution in [0.2, 0.25) is 0 Å². The summed E-state index contributed by atoms with van der Waals surface area (Å²) in [5.41, 5.74) is 0. The van der Waals surface area contributed by atoms with Crippen LogP contribution in [0.1, 0.15) is 162 Å². The topological polar surface area (TPSA) is 131 Å². The number of esters is 2. The predicted molar refractivity (Wildman–Crippen MR) is 232 cm³/mol. The number of hydrogen-bond donors (Lipinski definition) is 1. The Morgan fingerprint density at radius 3 is 1.79 bits per heavy atom. The highest BCUT2D eigenvalue weighted by molar-refractivity contribution is 7.45. The molecule has 0 spiro atoms. The van der Waals surface area contributed by atoms with Gasteiger partial charge in [-0.25, -0.2) is 0 Å². The second-order valence-corrected chi connectivity index (χ2v) is 17.3. The summed E-state index contributed by atoms with van der Waals surface area (Å²) in [6.07, 6.45) is 41.5. The van der Waals surface area contributed by atoms with Crippen LogP contribution in [-0.2, 0) is 32.7 Å². The highest BCUT2D eigenvalue weighted by Gasteiger charge is 2.21. The summed E-state index contributed by atoms with van der Waals surface area (Å²) in [4.78, 5) is 37.5. The van der Waals surface area contributed by atoms with Gasteiger partial charge in [0.2, 0.25) is 0 Å². The summed E-state index contributed by atoms with van der Waals surface area (Å²) in [6, 6.07) is 0. The van der Waals surface area contributed by atoms with E-state index in [4.69, 9.17) is 18.5 Å². The number of rotatable bonds is 39. The summed E-state index contributed by atoms with van der Waals surface area (Å²) in [5, 5.41) is 9.92. The number of aliphatic hydroxyl groups excluding tert-OH is 1. The molecule has 0 fully saturated rings. The molecule has 0 aromatic heterocycles. The van der Waals surface area contributed by atoms with Gasteiger partial charge in [0.15, 0.2) is 6.10 Å². The number of phosphoric ester groups is 1. The molecule has 11 heteroatoms. The Kier molecular flexibility index (Phi) is 36.4. The van der Waals surface area contributed by atoms with Crippen molar-refractivity contribution in [2.24, 2.45) is 0 Å². The molecule has 0 saturated carbocycles. The third kappa shape index (κ3) is 41.6. The lowest BCUT2D eigenvalue weighted by Gasteiger charge is -2.28. The lowest BCUT2D eigenvalue weighted by molar-refractivity contribution is -0.870. The molecule has 0 radical (unpaired) electrons. The maximum absolute atomic E-state index is 12.7. The van der Waals surface area contributed by atoms with Gasteiger partial charge in [-0.15, -0.1) is 0 Å². The highest BCUT2D eigenvalue weighted by Crippen LogP contribution is 2.38. The molecule has 0 aliphatic carbocycles. The number of quaternary nitrogens is 1. The van der Waals surface area contributed by atoms with E-state index < -0.39 is 38.6 Å². The molecule has 3 unspecified atom stereocenters. The van der Waals surface area contributed by atoms with Crippen molar-refractivity contribution in [1.29, 1.82) is 0 Å². The van der Waals surface area contributed by atoms with E-state index >= 15 is 0 Å². The summed E-state index contributed by atoms with van der Waals surface area (Å²) in [7, 11) is 1.09. The predicted octanol–water partition coefficient (Wildman–Crippen LogP) is 10.8. The monoisotopic (exact) mass is 824 g/mol. The molecule has 0 rings (SSSR count). The SMILES string of the molecule is CC/C=C\C=C\C(O)C/C=C\C/C=C\C/C=C\CCCC(=O)OC(COC(=O)CCCCCCCCCCCCCCCCC)COP(=O)([O-])OCC[N+](C)(C)C. The molecule has 10 nitrogen and oxygen atoms in total. The number of hydrogen-bond acceptors (Lipinski definition) is 9. The van der Waals surface area contributed by atoms with Crippen LogP contribution < -0.4 is 4.89 Å². The summed E-state index contributed by atoms with van der Waals surface area (Å²) in [6.45, 7) is 3.93. The Bertz CT molecular complexity index is 1170. The summed E-state index contributed by atoms with van der Waals surface area (Å²) in [5.74, 6) is -0.931. The molecule has 330 valence electrons. The van der Waals surface area contributed by atoms with Crippen LogP contribution in [0.4, 0.5) is 0 Å². The number of carbonyl (C=O) groups excluding carboxylic acids is 2. The number of allylic oxidation sites excluding steroid dienone is 8. The fourth-order valence-electron chi connectivity index (χ4n) is 5.64. The molecule has 1 N–H and O–H groups in total.